The molecule has 0 amide bonds. The molecule has 106 valence electrons. The average molecular weight is 264 g/mol. The minimum Gasteiger partial charge on any atom is -0.454 e. The second kappa shape index (κ2) is 5.80. The number of hydrogen-bond acceptors (Lipinski definition) is 4. The van der Waals surface area contributed by atoms with Crippen LogP contribution in [0.1, 0.15) is 26.3 Å². The monoisotopic (exact) mass is 264 g/mol. The molecule has 0 aromatic heterocycles. The lowest BCUT2D eigenvalue weighted by atomic mass is 10.1. The number of likely N-dealkylation sites (N-methyl/N-ethyl adjacent to an activating group) is 1. The lowest BCUT2D eigenvalue weighted by molar-refractivity contribution is 0.174. The zero-order valence-corrected chi connectivity index (χ0v) is 12.3. The van der Waals surface area contributed by atoms with Gasteiger partial charge in [0, 0.05) is 25.2 Å². The SMILES string of the molecule is CN(CCNC(C)(C)C)Cc1ccc2c(c1)OCO2. The summed E-state index contributed by atoms with van der Waals surface area (Å²) in [5.41, 5.74) is 1.43. The Balaban J connectivity index is 1.80. The topological polar surface area (TPSA) is 33.7 Å². The number of rotatable bonds is 5. The zero-order valence-electron chi connectivity index (χ0n) is 12.3. The van der Waals surface area contributed by atoms with Gasteiger partial charge < -0.3 is 19.7 Å². The van der Waals surface area contributed by atoms with Crippen LogP contribution >= 0.6 is 0 Å². The number of ether oxygens (including phenoxy) is 2. The first-order valence-electron chi connectivity index (χ1n) is 6.76. The molecule has 19 heavy (non-hydrogen) atoms. The van der Waals surface area contributed by atoms with Crippen LogP contribution in [-0.4, -0.2) is 37.4 Å². The van der Waals surface area contributed by atoms with Gasteiger partial charge in [-0.3, -0.25) is 0 Å². The maximum Gasteiger partial charge on any atom is 0.231 e. The highest BCUT2D eigenvalue weighted by molar-refractivity contribution is 5.44. The minimum atomic E-state index is 0.180. The van der Waals surface area contributed by atoms with Crippen molar-refractivity contribution in [1.82, 2.24) is 10.2 Å². The summed E-state index contributed by atoms with van der Waals surface area (Å²) in [6, 6.07) is 6.15. The van der Waals surface area contributed by atoms with E-state index in [0.29, 0.717) is 6.79 Å². The Kier molecular flexibility index (Phi) is 4.32. The van der Waals surface area contributed by atoms with Crippen molar-refractivity contribution in [3.8, 4) is 11.5 Å². The summed E-state index contributed by atoms with van der Waals surface area (Å²) in [5, 5.41) is 3.49. The van der Waals surface area contributed by atoms with Crippen LogP contribution in [0.3, 0.4) is 0 Å². The lowest BCUT2D eigenvalue weighted by Gasteiger charge is -2.23. The van der Waals surface area contributed by atoms with Crippen molar-refractivity contribution in [3.05, 3.63) is 23.8 Å². The van der Waals surface area contributed by atoms with Gasteiger partial charge in [-0.2, -0.15) is 0 Å². The second-order valence-corrected chi connectivity index (χ2v) is 6.10. The van der Waals surface area contributed by atoms with Crippen LogP contribution in [0.4, 0.5) is 0 Å². The Morgan fingerprint density at radius 1 is 1.21 bits per heavy atom. The fourth-order valence-corrected chi connectivity index (χ4v) is 2.05. The van der Waals surface area contributed by atoms with Crippen LogP contribution in [0.15, 0.2) is 18.2 Å². The Morgan fingerprint density at radius 3 is 2.68 bits per heavy atom. The van der Waals surface area contributed by atoms with E-state index in [1.54, 1.807) is 0 Å². The zero-order chi connectivity index (χ0) is 13.9. The van der Waals surface area contributed by atoms with E-state index in [2.05, 4.69) is 50.2 Å². The summed E-state index contributed by atoms with van der Waals surface area (Å²) in [6.07, 6.45) is 0. The van der Waals surface area contributed by atoms with E-state index < -0.39 is 0 Å². The second-order valence-electron chi connectivity index (χ2n) is 6.10. The van der Waals surface area contributed by atoms with E-state index in [1.807, 2.05) is 6.07 Å². The van der Waals surface area contributed by atoms with Gasteiger partial charge in [0.2, 0.25) is 6.79 Å². The highest BCUT2D eigenvalue weighted by Crippen LogP contribution is 2.32. The fourth-order valence-electron chi connectivity index (χ4n) is 2.05. The van der Waals surface area contributed by atoms with Gasteiger partial charge in [-0.05, 0) is 45.5 Å². The Bertz CT molecular complexity index is 427. The van der Waals surface area contributed by atoms with Crippen LogP contribution in [0.25, 0.3) is 0 Å². The highest BCUT2D eigenvalue weighted by Gasteiger charge is 2.14. The molecule has 0 radical (unpaired) electrons. The number of hydrogen-bond donors (Lipinski definition) is 1. The number of benzene rings is 1. The molecule has 0 atom stereocenters. The van der Waals surface area contributed by atoms with Crippen LogP contribution < -0.4 is 14.8 Å². The summed E-state index contributed by atoms with van der Waals surface area (Å²) in [5.74, 6) is 1.71. The minimum absolute atomic E-state index is 0.180. The molecule has 0 aliphatic carbocycles. The third-order valence-corrected chi connectivity index (χ3v) is 3.04. The third kappa shape index (κ3) is 4.40. The fraction of sp³-hybridized carbons (Fsp3) is 0.600. The molecule has 1 aromatic rings. The molecule has 1 aliphatic heterocycles. The van der Waals surface area contributed by atoms with Gasteiger partial charge in [0.25, 0.3) is 0 Å². The van der Waals surface area contributed by atoms with E-state index in [0.717, 1.165) is 31.1 Å². The molecule has 0 bridgehead atoms. The van der Waals surface area contributed by atoms with Crippen molar-refractivity contribution in [3.63, 3.8) is 0 Å². The summed E-state index contributed by atoms with van der Waals surface area (Å²) >= 11 is 0. The molecule has 4 nitrogen and oxygen atoms in total. The van der Waals surface area contributed by atoms with E-state index >= 15 is 0 Å². The van der Waals surface area contributed by atoms with Crippen molar-refractivity contribution >= 4 is 0 Å². The molecule has 1 N–H and O–H groups in total. The average Bonchev–Trinajstić information content (AvgIpc) is 2.74. The van der Waals surface area contributed by atoms with Crippen LogP contribution in [-0.2, 0) is 6.54 Å². The van der Waals surface area contributed by atoms with E-state index in [4.69, 9.17) is 9.47 Å². The number of fused-ring (bicyclic) bond motifs is 1. The molecule has 0 saturated carbocycles. The maximum atomic E-state index is 5.39. The largest absolute Gasteiger partial charge is 0.454 e. The predicted molar refractivity (Wildman–Crippen MR) is 76.7 cm³/mol. The number of nitrogens with one attached hydrogen (secondary N) is 1. The van der Waals surface area contributed by atoms with Gasteiger partial charge >= 0.3 is 0 Å². The van der Waals surface area contributed by atoms with Crippen LogP contribution in [0.2, 0.25) is 0 Å². The molecular formula is C15H24N2O2. The van der Waals surface area contributed by atoms with Crippen molar-refractivity contribution in [2.75, 3.05) is 26.9 Å². The molecule has 0 saturated heterocycles. The Labute approximate surface area is 115 Å². The first kappa shape index (κ1) is 14.2. The van der Waals surface area contributed by atoms with Crippen molar-refractivity contribution in [2.24, 2.45) is 0 Å². The molecule has 1 aromatic carbocycles. The van der Waals surface area contributed by atoms with Gasteiger partial charge in [0.05, 0.1) is 0 Å². The third-order valence-electron chi connectivity index (χ3n) is 3.04. The predicted octanol–water partition coefficient (Wildman–Crippen LogP) is 2.24. The van der Waals surface area contributed by atoms with Gasteiger partial charge in [-0.1, -0.05) is 6.07 Å². The van der Waals surface area contributed by atoms with Gasteiger partial charge in [0.1, 0.15) is 0 Å². The van der Waals surface area contributed by atoms with E-state index in [-0.39, 0.29) is 5.54 Å². The van der Waals surface area contributed by atoms with E-state index in [9.17, 15) is 0 Å². The summed E-state index contributed by atoms with van der Waals surface area (Å²) < 4.78 is 10.7. The molecule has 2 rings (SSSR count). The molecule has 0 spiro atoms. The van der Waals surface area contributed by atoms with Crippen LogP contribution in [0, 0.1) is 0 Å². The van der Waals surface area contributed by atoms with Gasteiger partial charge in [-0.15, -0.1) is 0 Å². The van der Waals surface area contributed by atoms with Gasteiger partial charge in [0.15, 0.2) is 11.5 Å². The quantitative estimate of drug-likeness (QED) is 0.884. The first-order chi connectivity index (χ1) is 8.94. The van der Waals surface area contributed by atoms with Crippen LogP contribution in [0.5, 0.6) is 11.5 Å². The van der Waals surface area contributed by atoms with E-state index in [1.165, 1.54) is 5.56 Å². The molecule has 1 aliphatic rings. The summed E-state index contributed by atoms with van der Waals surface area (Å²) in [6.45, 7) is 9.82. The molecule has 0 unspecified atom stereocenters. The van der Waals surface area contributed by atoms with Crippen molar-refractivity contribution in [1.29, 1.82) is 0 Å². The highest BCUT2D eigenvalue weighted by atomic mass is 16.7. The summed E-state index contributed by atoms with van der Waals surface area (Å²) in [7, 11) is 2.13. The molecular weight excluding hydrogens is 240 g/mol. The smallest absolute Gasteiger partial charge is 0.231 e. The number of nitrogens with zero attached hydrogens (tertiary/aromatic N) is 1. The Hall–Kier alpha value is -1.26. The van der Waals surface area contributed by atoms with Gasteiger partial charge in [-0.25, -0.2) is 0 Å². The summed E-state index contributed by atoms with van der Waals surface area (Å²) in [4.78, 5) is 2.30. The maximum absolute atomic E-state index is 5.39. The van der Waals surface area contributed by atoms with Crippen molar-refractivity contribution < 1.29 is 9.47 Å². The Morgan fingerprint density at radius 2 is 1.95 bits per heavy atom. The molecule has 0 fully saturated rings. The standard InChI is InChI=1S/C15H24N2O2/c1-15(2,3)16-7-8-17(4)10-12-5-6-13-14(9-12)19-11-18-13/h5-6,9,16H,7-8,10-11H2,1-4H3. The molecule has 1 heterocycles. The lowest BCUT2D eigenvalue weighted by Crippen LogP contribution is -2.40. The first-order valence-corrected chi connectivity index (χ1v) is 6.76. The van der Waals surface area contributed by atoms with Crippen molar-refractivity contribution in [2.45, 2.75) is 32.9 Å². The molecule has 4 heteroatoms. The normalized spacial score (nSPS) is 14.2.